The number of aromatic nitrogens is 4. The van der Waals surface area contributed by atoms with E-state index < -0.39 is 0 Å². The topological polar surface area (TPSA) is 99.3 Å². The molecular weight excluding hydrogens is 442 g/mol. The number of amides is 1. The predicted molar refractivity (Wildman–Crippen MR) is 123 cm³/mol. The minimum absolute atomic E-state index is 0.00253. The maximum atomic E-state index is 13.3. The predicted octanol–water partition coefficient (Wildman–Crippen LogP) is 2.42. The smallest absolute Gasteiger partial charge is 0.309 e. The Kier molecular flexibility index (Phi) is 5.92. The van der Waals surface area contributed by atoms with Gasteiger partial charge in [0.15, 0.2) is 10.8 Å². The summed E-state index contributed by atoms with van der Waals surface area (Å²) in [6, 6.07) is 9.33. The third-order valence-corrected chi connectivity index (χ3v) is 7.35. The highest BCUT2D eigenvalue weighted by atomic mass is 32.2. The molecule has 4 heterocycles. The van der Waals surface area contributed by atoms with Crippen LogP contribution in [0.2, 0.25) is 0 Å². The summed E-state index contributed by atoms with van der Waals surface area (Å²) in [7, 11) is 0. The van der Waals surface area contributed by atoms with Crippen LogP contribution in [-0.2, 0) is 14.3 Å². The molecule has 9 nitrogen and oxygen atoms in total. The molecule has 2 aliphatic rings. The van der Waals surface area contributed by atoms with Crippen molar-refractivity contribution in [3.05, 3.63) is 46.9 Å². The summed E-state index contributed by atoms with van der Waals surface area (Å²) in [6.45, 7) is 3.23. The van der Waals surface area contributed by atoms with Gasteiger partial charge in [0.2, 0.25) is 5.91 Å². The molecule has 2 aliphatic heterocycles. The van der Waals surface area contributed by atoms with E-state index in [1.165, 1.54) is 11.8 Å². The van der Waals surface area contributed by atoms with Gasteiger partial charge in [0.05, 0.1) is 30.5 Å². The SMILES string of the molecule is CCOC(=O)C1CCN(C(=O)CC2CSc3nc4c(cnn4-c4ccccc4)c(=O)n32)CC1. The Balaban J connectivity index is 1.33. The van der Waals surface area contributed by atoms with Crippen molar-refractivity contribution in [3.8, 4) is 5.69 Å². The number of benzene rings is 1. The Morgan fingerprint density at radius 1 is 1.18 bits per heavy atom. The van der Waals surface area contributed by atoms with Crippen LogP contribution in [0.5, 0.6) is 0 Å². The van der Waals surface area contributed by atoms with Crippen LogP contribution in [0.25, 0.3) is 16.7 Å². The van der Waals surface area contributed by atoms with Crippen LogP contribution in [0, 0.1) is 5.92 Å². The first-order chi connectivity index (χ1) is 16.1. The van der Waals surface area contributed by atoms with Crippen LogP contribution in [-0.4, -0.2) is 61.6 Å². The van der Waals surface area contributed by atoms with E-state index in [0.29, 0.717) is 54.5 Å². The standard InChI is InChI=1S/C23H25N5O4S/c1-2-32-22(31)15-8-10-26(11-9-15)19(29)12-17-14-33-23-25-20-18(21(30)27(17)23)13-24-28(20)16-6-4-3-5-7-16/h3-7,13,15,17H,2,8-12,14H2,1H3. The van der Waals surface area contributed by atoms with Crippen LogP contribution in [0.15, 0.2) is 46.5 Å². The van der Waals surface area contributed by atoms with E-state index in [0.717, 1.165) is 5.69 Å². The normalized spacial score (nSPS) is 18.5. The van der Waals surface area contributed by atoms with Gasteiger partial charge < -0.3 is 9.64 Å². The average Bonchev–Trinajstić information content (AvgIpc) is 3.45. The zero-order valence-corrected chi connectivity index (χ0v) is 19.2. The largest absolute Gasteiger partial charge is 0.466 e. The maximum absolute atomic E-state index is 13.3. The zero-order valence-electron chi connectivity index (χ0n) is 18.3. The first kappa shape index (κ1) is 21.7. The third kappa shape index (κ3) is 4.03. The molecule has 1 fully saturated rings. The summed E-state index contributed by atoms with van der Waals surface area (Å²) in [4.78, 5) is 44.7. The van der Waals surface area contributed by atoms with Gasteiger partial charge in [0.25, 0.3) is 5.56 Å². The molecule has 1 atom stereocenters. The van der Waals surface area contributed by atoms with E-state index in [1.807, 2.05) is 30.3 Å². The number of nitrogens with zero attached hydrogens (tertiary/aromatic N) is 5. The van der Waals surface area contributed by atoms with Gasteiger partial charge in [-0.25, -0.2) is 9.67 Å². The van der Waals surface area contributed by atoms with E-state index in [4.69, 9.17) is 9.72 Å². The van der Waals surface area contributed by atoms with Gasteiger partial charge in [0.1, 0.15) is 5.39 Å². The fraction of sp³-hybridized carbons (Fsp3) is 0.435. The van der Waals surface area contributed by atoms with Crippen molar-refractivity contribution in [2.45, 2.75) is 37.4 Å². The Labute approximate surface area is 194 Å². The summed E-state index contributed by atoms with van der Waals surface area (Å²) < 4.78 is 8.42. The van der Waals surface area contributed by atoms with E-state index in [9.17, 15) is 14.4 Å². The van der Waals surface area contributed by atoms with Crippen LogP contribution in [0.4, 0.5) is 0 Å². The van der Waals surface area contributed by atoms with Gasteiger partial charge in [-0.05, 0) is 31.9 Å². The number of carbonyl (C=O) groups is 2. The number of fused-ring (bicyclic) bond motifs is 2. The number of para-hydroxylation sites is 1. The average molecular weight is 468 g/mol. The minimum Gasteiger partial charge on any atom is -0.466 e. The fourth-order valence-corrected chi connectivity index (χ4v) is 5.62. The number of hydrogen-bond donors (Lipinski definition) is 0. The van der Waals surface area contributed by atoms with Gasteiger partial charge in [-0.15, -0.1) is 0 Å². The van der Waals surface area contributed by atoms with Gasteiger partial charge in [-0.2, -0.15) is 5.10 Å². The third-order valence-electron chi connectivity index (χ3n) is 6.25. The monoisotopic (exact) mass is 467 g/mol. The van der Waals surface area contributed by atoms with Gasteiger partial charge in [-0.1, -0.05) is 30.0 Å². The molecule has 5 rings (SSSR count). The van der Waals surface area contributed by atoms with Crippen LogP contribution >= 0.6 is 11.8 Å². The van der Waals surface area contributed by atoms with Crippen molar-refractivity contribution in [2.24, 2.45) is 5.92 Å². The number of thioether (sulfide) groups is 1. The van der Waals surface area contributed by atoms with Crippen molar-refractivity contribution in [1.29, 1.82) is 0 Å². The first-order valence-corrected chi connectivity index (χ1v) is 12.2. The second-order valence-electron chi connectivity index (χ2n) is 8.27. The molecule has 0 aliphatic carbocycles. The lowest BCUT2D eigenvalue weighted by molar-refractivity contribution is -0.151. The molecule has 10 heteroatoms. The maximum Gasteiger partial charge on any atom is 0.309 e. The Bertz CT molecular complexity index is 1250. The summed E-state index contributed by atoms with van der Waals surface area (Å²) in [5, 5.41) is 5.44. The molecule has 0 bridgehead atoms. The molecular formula is C23H25N5O4S. The van der Waals surface area contributed by atoms with E-state index >= 15 is 0 Å². The number of rotatable bonds is 5. The van der Waals surface area contributed by atoms with Crippen LogP contribution < -0.4 is 5.56 Å². The Morgan fingerprint density at radius 3 is 2.67 bits per heavy atom. The molecule has 2 aromatic heterocycles. The molecule has 0 spiro atoms. The summed E-state index contributed by atoms with van der Waals surface area (Å²) >= 11 is 1.49. The van der Waals surface area contributed by atoms with Crippen molar-refractivity contribution in [2.75, 3.05) is 25.4 Å². The number of hydrogen-bond acceptors (Lipinski definition) is 7. The van der Waals surface area contributed by atoms with Crippen molar-refractivity contribution < 1.29 is 14.3 Å². The van der Waals surface area contributed by atoms with Crippen molar-refractivity contribution in [3.63, 3.8) is 0 Å². The highest BCUT2D eigenvalue weighted by Crippen LogP contribution is 2.34. The van der Waals surface area contributed by atoms with Crippen molar-refractivity contribution >= 4 is 34.7 Å². The number of ether oxygens (including phenoxy) is 1. The van der Waals surface area contributed by atoms with Crippen molar-refractivity contribution in [1.82, 2.24) is 24.2 Å². The summed E-state index contributed by atoms with van der Waals surface area (Å²) in [6.07, 6.45) is 3.01. The molecule has 1 unspecified atom stereocenters. The molecule has 0 saturated carbocycles. The molecule has 3 aromatic rings. The molecule has 0 N–H and O–H groups in total. The first-order valence-electron chi connectivity index (χ1n) is 11.2. The lowest BCUT2D eigenvalue weighted by atomic mass is 9.96. The summed E-state index contributed by atoms with van der Waals surface area (Å²) in [5.74, 6) is 0.308. The van der Waals surface area contributed by atoms with Gasteiger partial charge in [-0.3, -0.25) is 19.0 Å². The highest BCUT2D eigenvalue weighted by molar-refractivity contribution is 7.99. The van der Waals surface area contributed by atoms with Crippen LogP contribution in [0.3, 0.4) is 0 Å². The zero-order chi connectivity index (χ0) is 22.9. The molecule has 1 amide bonds. The Hall–Kier alpha value is -3.14. The molecule has 1 aromatic carbocycles. The number of esters is 1. The second kappa shape index (κ2) is 9.01. The quantitative estimate of drug-likeness (QED) is 0.420. The molecule has 33 heavy (non-hydrogen) atoms. The van der Waals surface area contributed by atoms with E-state index in [2.05, 4.69) is 5.10 Å². The highest BCUT2D eigenvalue weighted by Gasteiger charge is 2.33. The molecule has 1 saturated heterocycles. The van der Waals surface area contributed by atoms with Gasteiger partial charge >= 0.3 is 5.97 Å². The van der Waals surface area contributed by atoms with Gasteiger partial charge in [0, 0.05) is 25.3 Å². The lowest BCUT2D eigenvalue weighted by Crippen LogP contribution is -2.41. The second-order valence-corrected chi connectivity index (χ2v) is 9.26. The lowest BCUT2D eigenvalue weighted by Gasteiger charge is -2.31. The van der Waals surface area contributed by atoms with E-state index in [1.54, 1.807) is 27.3 Å². The Morgan fingerprint density at radius 2 is 1.94 bits per heavy atom. The number of carbonyl (C=O) groups excluding carboxylic acids is 2. The number of likely N-dealkylation sites (tertiary alicyclic amines) is 1. The summed E-state index contributed by atoms with van der Waals surface area (Å²) in [5.41, 5.74) is 1.20. The van der Waals surface area contributed by atoms with E-state index in [-0.39, 0.29) is 35.8 Å². The molecule has 172 valence electrons. The number of piperidine rings is 1. The van der Waals surface area contributed by atoms with Crippen LogP contribution in [0.1, 0.15) is 32.2 Å². The minimum atomic E-state index is -0.246. The molecule has 0 radical (unpaired) electrons. The fourth-order valence-electron chi connectivity index (χ4n) is 4.49.